The van der Waals surface area contributed by atoms with Gasteiger partial charge in [0.25, 0.3) is 0 Å². The molecule has 2 atom stereocenters. The molecule has 1 aromatic heterocycles. The van der Waals surface area contributed by atoms with Crippen molar-refractivity contribution >= 4 is 5.82 Å². The molecule has 0 radical (unpaired) electrons. The van der Waals surface area contributed by atoms with E-state index in [9.17, 15) is 0 Å². The maximum Gasteiger partial charge on any atom is 0.128 e. The summed E-state index contributed by atoms with van der Waals surface area (Å²) in [5.74, 6) is 2.32. The second kappa shape index (κ2) is 6.27. The van der Waals surface area contributed by atoms with Crippen LogP contribution in [-0.2, 0) is 4.74 Å². The molecule has 1 aliphatic rings. The third-order valence-electron chi connectivity index (χ3n) is 4.24. The van der Waals surface area contributed by atoms with Crippen molar-refractivity contribution in [3.63, 3.8) is 0 Å². The highest BCUT2D eigenvalue weighted by atomic mass is 16.5. The number of benzene rings is 1. The molecular weight excluding hydrogens is 260 g/mol. The number of pyridine rings is 1. The lowest BCUT2D eigenvalue weighted by molar-refractivity contribution is 0.206. The average molecular weight is 282 g/mol. The SMILES string of the molecule is COCCN(C)c1ccc([C@@H]2C[C@H]2c2ccccc2)cn1. The van der Waals surface area contributed by atoms with Gasteiger partial charge in [0.15, 0.2) is 0 Å². The fourth-order valence-electron chi connectivity index (χ4n) is 2.82. The van der Waals surface area contributed by atoms with Crippen LogP contribution in [0.5, 0.6) is 0 Å². The van der Waals surface area contributed by atoms with E-state index in [1.165, 1.54) is 17.5 Å². The minimum absolute atomic E-state index is 0.637. The molecule has 110 valence electrons. The van der Waals surface area contributed by atoms with Gasteiger partial charge in [0.1, 0.15) is 5.82 Å². The maximum atomic E-state index is 5.10. The van der Waals surface area contributed by atoms with Crippen molar-refractivity contribution in [1.82, 2.24) is 4.98 Å². The van der Waals surface area contributed by atoms with E-state index >= 15 is 0 Å². The first-order valence-corrected chi connectivity index (χ1v) is 7.50. The molecule has 0 bridgehead atoms. The Morgan fingerprint density at radius 3 is 2.52 bits per heavy atom. The van der Waals surface area contributed by atoms with Gasteiger partial charge in [-0.05, 0) is 35.4 Å². The van der Waals surface area contributed by atoms with E-state index in [1.54, 1.807) is 7.11 Å². The molecule has 0 unspecified atom stereocenters. The van der Waals surface area contributed by atoms with Crippen LogP contribution in [0.1, 0.15) is 29.4 Å². The lowest BCUT2D eigenvalue weighted by atomic mass is 10.1. The molecule has 3 nitrogen and oxygen atoms in total. The Morgan fingerprint density at radius 2 is 1.86 bits per heavy atom. The zero-order valence-corrected chi connectivity index (χ0v) is 12.7. The van der Waals surface area contributed by atoms with Crippen molar-refractivity contribution < 1.29 is 4.74 Å². The molecule has 1 saturated carbocycles. The predicted molar refractivity (Wildman–Crippen MR) is 85.9 cm³/mol. The van der Waals surface area contributed by atoms with Crippen molar-refractivity contribution in [2.75, 3.05) is 32.2 Å². The Bertz CT molecular complexity index is 568. The van der Waals surface area contributed by atoms with E-state index < -0.39 is 0 Å². The number of hydrogen-bond donors (Lipinski definition) is 0. The molecule has 1 heterocycles. The minimum Gasteiger partial charge on any atom is -0.383 e. The largest absolute Gasteiger partial charge is 0.383 e. The summed E-state index contributed by atoms with van der Waals surface area (Å²) in [6.07, 6.45) is 3.27. The second-order valence-corrected chi connectivity index (χ2v) is 5.72. The Labute approximate surface area is 126 Å². The van der Waals surface area contributed by atoms with Gasteiger partial charge in [-0.15, -0.1) is 0 Å². The standard InChI is InChI=1S/C18H22N2O/c1-20(10-11-21-2)18-9-8-15(13-19-18)17-12-16(17)14-6-4-3-5-7-14/h3-9,13,16-17H,10-12H2,1-2H3/t16-,17-/m0/s1. The lowest BCUT2D eigenvalue weighted by Crippen LogP contribution is -2.22. The minimum atomic E-state index is 0.637. The van der Waals surface area contributed by atoms with Crippen LogP contribution in [0.3, 0.4) is 0 Å². The number of methoxy groups -OCH3 is 1. The molecule has 21 heavy (non-hydrogen) atoms. The zero-order chi connectivity index (χ0) is 14.7. The third kappa shape index (κ3) is 3.24. The van der Waals surface area contributed by atoms with Gasteiger partial charge in [0, 0.05) is 26.9 Å². The number of rotatable bonds is 6. The van der Waals surface area contributed by atoms with Crippen LogP contribution in [-0.4, -0.2) is 32.3 Å². The first kappa shape index (κ1) is 14.1. The molecule has 1 fully saturated rings. The number of anilines is 1. The van der Waals surface area contributed by atoms with E-state index in [-0.39, 0.29) is 0 Å². The summed E-state index contributed by atoms with van der Waals surface area (Å²) in [6, 6.07) is 15.1. The average Bonchev–Trinajstić information content (AvgIpc) is 3.34. The van der Waals surface area contributed by atoms with Crippen LogP contribution < -0.4 is 4.90 Å². The summed E-state index contributed by atoms with van der Waals surface area (Å²) in [5, 5.41) is 0. The molecule has 3 rings (SSSR count). The number of aromatic nitrogens is 1. The van der Waals surface area contributed by atoms with Crippen molar-refractivity contribution in [3.05, 3.63) is 59.8 Å². The van der Waals surface area contributed by atoms with Gasteiger partial charge >= 0.3 is 0 Å². The van der Waals surface area contributed by atoms with E-state index in [0.29, 0.717) is 11.8 Å². The van der Waals surface area contributed by atoms with Gasteiger partial charge < -0.3 is 9.64 Å². The number of nitrogens with zero attached hydrogens (tertiary/aromatic N) is 2. The summed E-state index contributed by atoms with van der Waals surface area (Å²) in [6.45, 7) is 1.58. The van der Waals surface area contributed by atoms with E-state index in [2.05, 4.69) is 52.3 Å². The Kier molecular flexibility index (Phi) is 4.20. The molecule has 1 aromatic carbocycles. The summed E-state index contributed by atoms with van der Waals surface area (Å²) < 4.78 is 5.10. The molecule has 0 amide bonds. The van der Waals surface area contributed by atoms with E-state index in [1.807, 2.05) is 13.2 Å². The van der Waals surface area contributed by atoms with Crippen LogP contribution in [0, 0.1) is 0 Å². The highest BCUT2D eigenvalue weighted by molar-refractivity contribution is 5.42. The Hall–Kier alpha value is -1.87. The van der Waals surface area contributed by atoms with Gasteiger partial charge in [-0.25, -0.2) is 4.98 Å². The lowest BCUT2D eigenvalue weighted by Gasteiger charge is -2.17. The predicted octanol–water partition coefficient (Wildman–Crippen LogP) is 3.44. The van der Waals surface area contributed by atoms with Gasteiger partial charge in [0.2, 0.25) is 0 Å². The van der Waals surface area contributed by atoms with Crippen molar-refractivity contribution in [3.8, 4) is 0 Å². The van der Waals surface area contributed by atoms with Crippen LogP contribution >= 0.6 is 0 Å². The summed E-state index contributed by atoms with van der Waals surface area (Å²) >= 11 is 0. The third-order valence-corrected chi connectivity index (χ3v) is 4.24. The molecule has 0 spiro atoms. The fraction of sp³-hybridized carbons (Fsp3) is 0.389. The smallest absolute Gasteiger partial charge is 0.128 e. The summed E-state index contributed by atoms with van der Waals surface area (Å²) in [7, 11) is 3.77. The summed E-state index contributed by atoms with van der Waals surface area (Å²) in [5.41, 5.74) is 2.80. The van der Waals surface area contributed by atoms with Crippen LogP contribution in [0.15, 0.2) is 48.7 Å². The Balaban J connectivity index is 1.63. The van der Waals surface area contributed by atoms with Crippen molar-refractivity contribution in [2.24, 2.45) is 0 Å². The highest BCUT2D eigenvalue weighted by Crippen LogP contribution is 2.54. The normalized spacial score (nSPS) is 20.3. The first-order chi connectivity index (χ1) is 10.3. The molecule has 0 saturated heterocycles. The fourth-order valence-corrected chi connectivity index (χ4v) is 2.82. The maximum absolute atomic E-state index is 5.10. The van der Waals surface area contributed by atoms with Gasteiger partial charge in [-0.1, -0.05) is 36.4 Å². The molecule has 3 heteroatoms. The van der Waals surface area contributed by atoms with Gasteiger partial charge in [-0.2, -0.15) is 0 Å². The van der Waals surface area contributed by atoms with Crippen LogP contribution in [0.2, 0.25) is 0 Å². The zero-order valence-electron chi connectivity index (χ0n) is 12.7. The quantitative estimate of drug-likeness (QED) is 0.811. The van der Waals surface area contributed by atoms with Crippen molar-refractivity contribution in [1.29, 1.82) is 0 Å². The monoisotopic (exact) mass is 282 g/mol. The molecule has 2 aromatic rings. The van der Waals surface area contributed by atoms with Gasteiger partial charge in [-0.3, -0.25) is 0 Å². The van der Waals surface area contributed by atoms with Gasteiger partial charge in [0.05, 0.1) is 6.61 Å². The summed E-state index contributed by atoms with van der Waals surface area (Å²) in [4.78, 5) is 6.71. The number of hydrogen-bond acceptors (Lipinski definition) is 3. The second-order valence-electron chi connectivity index (χ2n) is 5.72. The van der Waals surface area contributed by atoms with Crippen LogP contribution in [0.25, 0.3) is 0 Å². The highest BCUT2D eigenvalue weighted by Gasteiger charge is 2.39. The van der Waals surface area contributed by atoms with Crippen molar-refractivity contribution in [2.45, 2.75) is 18.3 Å². The molecular formula is C18H22N2O. The number of likely N-dealkylation sites (N-methyl/N-ethyl adjacent to an activating group) is 1. The van der Waals surface area contributed by atoms with E-state index in [0.717, 1.165) is 19.0 Å². The number of ether oxygens (including phenoxy) is 1. The topological polar surface area (TPSA) is 25.4 Å². The van der Waals surface area contributed by atoms with E-state index in [4.69, 9.17) is 4.74 Å². The Morgan fingerprint density at radius 1 is 1.10 bits per heavy atom. The first-order valence-electron chi connectivity index (χ1n) is 7.50. The molecule has 0 aliphatic heterocycles. The molecule has 0 N–H and O–H groups in total. The van der Waals surface area contributed by atoms with Crippen LogP contribution in [0.4, 0.5) is 5.82 Å². The molecule has 1 aliphatic carbocycles.